The Hall–Kier alpha value is -1.95. The van der Waals surface area contributed by atoms with E-state index in [1.807, 2.05) is 12.1 Å². The molecule has 1 aromatic rings. The zero-order chi connectivity index (χ0) is 17.4. The number of ether oxygens (including phenoxy) is 1. The van der Waals surface area contributed by atoms with Crippen LogP contribution in [-0.2, 0) is 9.53 Å². The molecule has 0 bridgehead atoms. The Labute approximate surface area is 147 Å². The van der Waals surface area contributed by atoms with Crippen LogP contribution in [0.2, 0.25) is 5.02 Å². The molecule has 2 amide bonds. The molecule has 1 heterocycles. The molecule has 2 N–H and O–H groups in total. The number of benzene rings is 1. The summed E-state index contributed by atoms with van der Waals surface area (Å²) in [6.07, 6.45) is 1.65. The van der Waals surface area contributed by atoms with Crippen molar-refractivity contribution in [3.63, 3.8) is 0 Å². The third-order valence-corrected chi connectivity index (χ3v) is 4.16. The maximum absolute atomic E-state index is 12.0. The van der Waals surface area contributed by atoms with Gasteiger partial charge < -0.3 is 20.3 Å². The van der Waals surface area contributed by atoms with Crippen LogP contribution < -0.4 is 10.6 Å². The van der Waals surface area contributed by atoms with Gasteiger partial charge >= 0.3 is 6.09 Å². The molecule has 6 nitrogen and oxygen atoms in total. The number of nitrogens with one attached hydrogen (secondary N) is 2. The first-order chi connectivity index (χ1) is 11.6. The molecule has 7 heteroatoms. The minimum Gasteiger partial charge on any atom is -0.450 e. The van der Waals surface area contributed by atoms with Crippen molar-refractivity contribution >= 4 is 29.3 Å². The van der Waals surface area contributed by atoms with Crippen LogP contribution in [0.15, 0.2) is 24.3 Å². The summed E-state index contributed by atoms with van der Waals surface area (Å²) < 4.78 is 4.98. The fourth-order valence-electron chi connectivity index (χ4n) is 2.61. The molecule has 24 heavy (non-hydrogen) atoms. The maximum atomic E-state index is 12.0. The number of carbonyl (C=O) groups excluding carboxylic acids is 2. The van der Waals surface area contributed by atoms with E-state index in [1.54, 1.807) is 24.0 Å². The van der Waals surface area contributed by atoms with Crippen molar-refractivity contribution in [3.05, 3.63) is 29.3 Å². The molecule has 0 spiro atoms. The summed E-state index contributed by atoms with van der Waals surface area (Å²) in [5.74, 6) is 0.0195. The maximum Gasteiger partial charge on any atom is 0.409 e. The van der Waals surface area contributed by atoms with Gasteiger partial charge in [0.1, 0.15) is 0 Å². The Morgan fingerprint density at radius 1 is 1.25 bits per heavy atom. The lowest BCUT2D eigenvalue weighted by molar-refractivity contribution is -0.121. The molecule has 0 radical (unpaired) electrons. The highest BCUT2D eigenvalue weighted by Crippen LogP contribution is 2.14. The highest BCUT2D eigenvalue weighted by atomic mass is 35.5. The van der Waals surface area contributed by atoms with E-state index in [9.17, 15) is 9.59 Å². The molecule has 2 rings (SSSR count). The number of rotatable bonds is 6. The highest BCUT2D eigenvalue weighted by molar-refractivity contribution is 6.30. The third kappa shape index (κ3) is 5.92. The molecule has 0 aromatic heterocycles. The van der Waals surface area contributed by atoms with Gasteiger partial charge in [0.05, 0.1) is 6.61 Å². The van der Waals surface area contributed by atoms with E-state index in [0.29, 0.717) is 37.7 Å². The Morgan fingerprint density at radius 3 is 2.54 bits per heavy atom. The summed E-state index contributed by atoms with van der Waals surface area (Å²) in [4.78, 5) is 25.3. The van der Waals surface area contributed by atoms with Gasteiger partial charge in [-0.05, 0) is 44.0 Å². The van der Waals surface area contributed by atoms with Gasteiger partial charge in [-0.25, -0.2) is 4.79 Å². The van der Waals surface area contributed by atoms with E-state index in [0.717, 1.165) is 18.5 Å². The van der Waals surface area contributed by atoms with E-state index in [-0.39, 0.29) is 18.0 Å². The second-order valence-electron chi connectivity index (χ2n) is 5.71. The van der Waals surface area contributed by atoms with E-state index < -0.39 is 0 Å². The Bertz CT molecular complexity index is 543. The van der Waals surface area contributed by atoms with E-state index in [4.69, 9.17) is 16.3 Å². The molecule has 1 aliphatic rings. The summed E-state index contributed by atoms with van der Waals surface area (Å²) >= 11 is 5.83. The number of halogens is 1. The molecular weight excluding hydrogens is 330 g/mol. The zero-order valence-corrected chi connectivity index (χ0v) is 14.6. The summed E-state index contributed by atoms with van der Waals surface area (Å²) in [7, 11) is 0. The summed E-state index contributed by atoms with van der Waals surface area (Å²) in [5, 5.41) is 6.90. The van der Waals surface area contributed by atoms with Gasteiger partial charge in [0, 0.05) is 42.8 Å². The first-order valence-electron chi connectivity index (χ1n) is 8.29. The van der Waals surface area contributed by atoms with E-state index >= 15 is 0 Å². The molecule has 132 valence electrons. The van der Waals surface area contributed by atoms with Crippen LogP contribution in [-0.4, -0.2) is 49.2 Å². The monoisotopic (exact) mass is 353 g/mol. The van der Waals surface area contributed by atoms with Crippen LogP contribution in [0.25, 0.3) is 0 Å². The quantitative estimate of drug-likeness (QED) is 0.825. The summed E-state index contributed by atoms with van der Waals surface area (Å²) in [5.41, 5.74) is 0.940. The Morgan fingerprint density at radius 2 is 1.92 bits per heavy atom. The number of carbonyl (C=O) groups is 2. The second-order valence-corrected chi connectivity index (χ2v) is 6.15. The average Bonchev–Trinajstić information content (AvgIpc) is 2.57. The van der Waals surface area contributed by atoms with Crippen molar-refractivity contribution in [3.8, 4) is 0 Å². The number of nitrogens with zero attached hydrogens (tertiary/aromatic N) is 1. The Balaban J connectivity index is 1.63. The van der Waals surface area contributed by atoms with Gasteiger partial charge in [0.2, 0.25) is 5.91 Å². The van der Waals surface area contributed by atoms with Crippen molar-refractivity contribution in [2.24, 2.45) is 0 Å². The normalized spacial score (nSPS) is 15.0. The minimum atomic E-state index is -0.269. The fourth-order valence-corrected chi connectivity index (χ4v) is 2.74. The molecule has 1 fully saturated rings. The van der Waals surface area contributed by atoms with Crippen molar-refractivity contribution in [1.82, 2.24) is 10.2 Å². The average molecular weight is 354 g/mol. The first-order valence-corrected chi connectivity index (χ1v) is 8.66. The molecule has 0 aliphatic carbocycles. The minimum absolute atomic E-state index is 0.0195. The summed E-state index contributed by atoms with van der Waals surface area (Å²) in [6, 6.07) is 7.50. The zero-order valence-electron chi connectivity index (χ0n) is 13.9. The molecular formula is C17H24ClN3O3. The van der Waals surface area contributed by atoms with Gasteiger partial charge in [-0.2, -0.15) is 0 Å². The van der Waals surface area contributed by atoms with Gasteiger partial charge in [0.25, 0.3) is 0 Å². The predicted molar refractivity (Wildman–Crippen MR) is 94.3 cm³/mol. The Kier molecular flexibility index (Phi) is 7.18. The van der Waals surface area contributed by atoms with Gasteiger partial charge in [-0.1, -0.05) is 11.6 Å². The predicted octanol–water partition coefficient (Wildman–Crippen LogP) is 2.88. The van der Waals surface area contributed by atoms with Gasteiger partial charge in [-0.15, -0.1) is 0 Å². The van der Waals surface area contributed by atoms with Crippen molar-refractivity contribution in [2.45, 2.75) is 32.2 Å². The van der Waals surface area contributed by atoms with Crippen LogP contribution in [0.3, 0.4) is 0 Å². The topological polar surface area (TPSA) is 70.7 Å². The molecule has 0 saturated carbocycles. The van der Waals surface area contributed by atoms with Gasteiger partial charge in [-0.3, -0.25) is 4.79 Å². The van der Waals surface area contributed by atoms with Crippen LogP contribution in [0, 0.1) is 0 Å². The SMILES string of the molecule is CCOC(=O)N1CCC(NC(=O)CCNc2ccc(Cl)cc2)CC1. The second kappa shape index (κ2) is 9.37. The fraction of sp³-hybridized carbons (Fsp3) is 0.529. The molecule has 1 aliphatic heterocycles. The van der Waals surface area contributed by atoms with Crippen molar-refractivity contribution < 1.29 is 14.3 Å². The van der Waals surface area contributed by atoms with Crippen LogP contribution in [0.5, 0.6) is 0 Å². The molecule has 0 atom stereocenters. The number of amides is 2. The number of hydrogen-bond acceptors (Lipinski definition) is 4. The van der Waals surface area contributed by atoms with Crippen molar-refractivity contribution in [2.75, 3.05) is 31.6 Å². The number of likely N-dealkylation sites (tertiary alicyclic amines) is 1. The third-order valence-electron chi connectivity index (χ3n) is 3.91. The van der Waals surface area contributed by atoms with E-state index in [2.05, 4.69) is 10.6 Å². The van der Waals surface area contributed by atoms with Gasteiger partial charge in [0.15, 0.2) is 0 Å². The number of piperidine rings is 1. The van der Waals surface area contributed by atoms with E-state index in [1.165, 1.54) is 0 Å². The number of hydrogen-bond donors (Lipinski definition) is 2. The molecule has 0 unspecified atom stereocenters. The molecule has 1 saturated heterocycles. The first kappa shape index (κ1) is 18.4. The van der Waals surface area contributed by atoms with Crippen molar-refractivity contribution in [1.29, 1.82) is 0 Å². The van der Waals surface area contributed by atoms with Crippen LogP contribution >= 0.6 is 11.6 Å². The summed E-state index contributed by atoms with van der Waals surface area (Å²) in [6.45, 7) is 3.98. The lowest BCUT2D eigenvalue weighted by Crippen LogP contribution is -2.46. The number of anilines is 1. The lowest BCUT2D eigenvalue weighted by Gasteiger charge is -2.31. The smallest absolute Gasteiger partial charge is 0.409 e. The lowest BCUT2D eigenvalue weighted by atomic mass is 10.1. The molecule has 1 aromatic carbocycles. The standard InChI is InChI=1S/C17H24ClN3O3/c1-2-24-17(23)21-11-8-15(9-12-21)20-16(22)7-10-19-14-5-3-13(18)4-6-14/h3-6,15,19H,2,7-12H2,1H3,(H,20,22). The van der Waals surface area contributed by atoms with Crippen LogP contribution in [0.4, 0.5) is 10.5 Å². The largest absolute Gasteiger partial charge is 0.450 e. The van der Waals surface area contributed by atoms with Crippen LogP contribution in [0.1, 0.15) is 26.2 Å². The highest BCUT2D eigenvalue weighted by Gasteiger charge is 2.24.